The van der Waals surface area contributed by atoms with Crippen LogP contribution < -0.4 is 10.5 Å². The summed E-state index contributed by atoms with van der Waals surface area (Å²) in [6, 6.07) is 13.8. The summed E-state index contributed by atoms with van der Waals surface area (Å²) in [6.07, 6.45) is 0. The quantitative estimate of drug-likeness (QED) is 0.739. The lowest BCUT2D eigenvalue weighted by Crippen LogP contribution is -1.88. The van der Waals surface area contributed by atoms with Gasteiger partial charge in [0.05, 0.1) is 17.3 Å². The number of thiazole rings is 1. The largest absolute Gasteiger partial charge is 0.497 e. The van der Waals surface area contributed by atoms with Crippen molar-refractivity contribution in [3.05, 3.63) is 42.5 Å². The van der Waals surface area contributed by atoms with E-state index in [1.807, 2.05) is 36.4 Å². The van der Waals surface area contributed by atoms with Gasteiger partial charge in [-0.2, -0.15) is 0 Å². The number of anilines is 1. The number of benzene rings is 2. The van der Waals surface area contributed by atoms with Crippen LogP contribution in [0.25, 0.3) is 10.2 Å². The van der Waals surface area contributed by atoms with Crippen LogP contribution in [-0.2, 0) is 0 Å². The summed E-state index contributed by atoms with van der Waals surface area (Å²) < 4.78 is 7.43. The first-order chi connectivity index (χ1) is 9.24. The first-order valence-electron chi connectivity index (χ1n) is 5.72. The van der Waals surface area contributed by atoms with E-state index in [2.05, 4.69) is 11.1 Å². The predicted molar refractivity (Wildman–Crippen MR) is 81.1 cm³/mol. The Hall–Kier alpha value is -1.72. The highest BCUT2D eigenvalue weighted by atomic mass is 32.2. The summed E-state index contributed by atoms with van der Waals surface area (Å²) in [6.45, 7) is 0. The summed E-state index contributed by atoms with van der Waals surface area (Å²) in [5, 5.41) is 0. The lowest BCUT2D eigenvalue weighted by Gasteiger charge is -2.04. The third-order valence-corrected chi connectivity index (χ3v) is 4.69. The molecule has 3 rings (SSSR count). The van der Waals surface area contributed by atoms with Crippen LogP contribution in [0.1, 0.15) is 0 Å². The van der Waals surface area contributed by atoms with Crippen molar-refractivity contribution < 1.29 is 4.74 Å². The monoisotopic (exact) mass is 288 g/mol. The highest BCUT2D eigenvalue weighted by molar-refractivity contribution is 8.01. The highest BCUT2D eigenvalue weighted by Gasteiger charge is 2.07. The summed E-state index contributed by atoms with van der Waals surface area (Å²) in [4.78, 5) is 5.63. The number of nitrogens with two attached hydrogens (primary N) is 1. The van der Waals surface area contributed by atoms with Crippen LogP contribution in [0.15, 0.2) is 51.7 Å². The third kappa shape index (κ3) is 2.67. The maximum Gasteiger partial charge on any atom is 0.155 e. The van der Waals surface area contributed by atoms with E-state index in [1.54, 1.807) is 30.2 Å². The number of para-hydroxylation sites is 1. The minimum atomic E-state index is 0.697. The Morgan fingerprint density at radius 3 is 2.84 bits per heavy atom. The zero-order chi connectivity index (χ0) is 13.2. The van der Waals surface area contributed by atoms with Gasteiger partial charge in [-0.05, 0) is 24.3 Å². The van der Waals surface area contributed by atoms with Crippen molar-refractivity contribution in [3.8, 4) is 5.75 Å². The fourth-order valence-electron chi connectivity index (χ4n) is 1.77. The Kier molecular flexibility index (Phi) is 3.31. The van der Waals surface area contributed by atoms with Crippen LogP contribution in [0.4, 0.5) is 5.69 Å². The molecule has 0 amide bonds. The SMILES string of the molecule is COc1cc(N)cc(Sc2nc3ccccc3s2)c1. The number of aromatic nitrogens is 1. The highest BCUT2D eigenvalue weighted by Crippen LogP contribution is 2.36. The molecule has 2 aromatic carbocycles. The second-order valence-corrected chi connectivity index (χ2v) is 6.34. The summed E-state index contributed by atoms with van der Waals surface area (Å²) in [7, 11) is 1.64. The lowest BCUT2D eigenvalue weighted by atomic mass is 10.3. The second kappa shape index (κ2) is 5.11. The molecule has 1 aromatic heterocycles. The average Bonchev–Trinajstić information content (AvgIpc) is 2.80. The first kappa shape index (κ1) is 12.3. The molecule has 5 heteroatoms. The van der Waals surface area contributed by atoms with E-state index < -0.39 is 0 Å². The number of ether oxygens (including phenoxy) is 1. The van der Waals surface area contributed by atoms with Gasteiger partial charge in [-0.25, -0.2) is 4.98 Å². The van der Waals surface area contributed by atoms with Gasteiger partial charge in [-0.3, -0.25) is 0 Å². The molecule has 0 atom stereocenters. The molecule has 0 saturated heterocycles. The zero-order valence-corrected chi connectivity index (χ0v) is 11.9. The zero-order valence-electron chi connectivity index (χ0n) is 10.3. The molecule has 1 heterocycles. The van der Waals surface area contributed by atoms with E-state index in [-0.39, 0.29) is 0 Å². The maximum absolute atomic E-state index is 5.85. The topological polar surface area (TPSA) is 48.1 Å². The molecule has 3 aromatic rings. The van der Waals surface area contributed by atoms with Crippen LogP contribution in [0.3, 0.4) is 0 Å². The fraction of sp³-hybridized carbons (Fsp3) is 0.0714. The summed E-state index contributed by atoms with van der Waals surface area (Å²) in [5.74, 6) is 0.767. The van der Waals surface area contributed by atoms with E-state index in [9.17, 15) is 0 Å². The molecular formula is C14H12N2OS2. The van der Waals surface area contributed by atoms with Gasteiger partial charge in [0.25, 0.3) is 0 Å². The van der Waals surface area contributed by atoms with E-state index in [4.69, 9.17) is 10.5 Å². The molecule has 0 aliphatic carbocycles. The lowest BCUT2D eigenvalue weighted by molar-refractivity contribution is 0.414. The van der Waals surface area contributed by atoms with Crippen molar-refractivity contribution >= 4 is 39.0 Å². The van der Waals surface area contributed by atoms with Crippen LogP contribution >= 0.6 is 23.1 Å². The molecule has 3 nitrogen and oxygen atoms in total. The van der Waals surface area contributed by atoms with Crippen molar-refractivity contribution in [2.45, 2.75) is 9.24 Å². The maximum atomic E-state index is 5.85. The van der Waals surface area contributed by atoms with Crippen molar-refractivity contribution in [1.29, 1.82) is 0 Å². The molecule has 0 unspecified atom stereocenters. The minimum absolute atomic E-state index is 0.697. The van der Waals surface area contributed by atoms with Gasteiger partial charge >= 0.3 is 0 Å². The molecule has 0 saturated carbocycles. The van der Waals surface area contributed by atoms with E-state index >= 15 is 0 Å². The molecule has 0 bridgehead atoms. The molecule has 2 N–H and O–H groups in total. The Morgan fingerprint density at radius 1 is 1.21 bits per heavy atom. The van der Waals surface area contributed by atoms with Gasteiger partial charge in [0, 0.05) is 16.6 Å². The van der Waals surface area contributed by atoms with Crippen LogP contribution in [0, 0.1) is 0 Å². The van der Waals surface area contributed by atoms with Crippen LogP contribution in [0.2, 0.25) is 0 Å². The van der Waals surface area contributed by atoms with Gasteiger partial charge < -0.3 is 10.5 Å². The van der Waals surface area contributed by atoms with E-state index in [0.717, 1.165) is 20.5 Å². The van der Waals surface area contributed by atoms with Gasteiger partial charge in [-0.15, -0.1) is 11.3 Å². The van der Waals surface area contributed by atoms with E-state index in [0.29, 0.717) is 5.69 Å². The number of hydrogen-bond acceptors (Lipinski definition) is 5. The summed E-state index contributed by atoms with van der Waals surface area (Å²) >= 11 is 3.29. The Balaban J connectivity index is 1.94. The number of nitrogen functional groups attached to an aromatic ring is 1. The Morgan fingerprint density at radius 2 is 2.05 bits per heavy atom. The van der Waals surface area contributed by atoms with Crippen LogP contribution in [0.5, 0.6) is 5.75 Å². The smallest absolute Gasteiger partial charge is 0.155 e. The van der Waals surface area contributed by atoms with Crippen molar-refractivity contribution in [3.63, 3.8) is 0 Å². The standard InChI is InChI=1S/C14H12N2OS2/c1-17-10-6-9(15)7-11(8-10)18-14-16-12-4-2-3-5-13(12)19-14/h2-8H,15H2,1H3. The number of rotatable bonds is 3. The summed E-state index contributed by atoms with van der Waals surface area (Å²) in [5.41, 5.74) is 7.58. The molecule has 0 radical (unpaired) electrons. The van der Waals surface area contributed by atoms with Crippen molar-refractivity contribution in [2.75, 3.05) is 12.8 Å². The Bertz CT molecular complexity index is 691. The molecule has 0 aliphatic heterocycles. The minimum Gasteiger partial charge on any atom is -0.497 e. The number of methoxy groups -OCH3 is 1. The number of fused-ring (bicyclic) bond motifs is 1. The molecule has 19 heavy (non-hydrogen) atoms. The number of nitrogens with zero attached hydrogens (tertiary/aromatic N) is 1. The van der Waals surface area contributed by atoms with Gasteiger partial charge in [0.2, 0.25) is 0 Å². The van der Waals surface area contributed by atoms with Crippen molar-refractivity contribution in [1.82, 2.24) is 4.98 Å². The Labute approximate surface area is 119 Å². The molecule has 96 valence electrons. The van der Waals surface area contributed by atoms with Crippen molar-refractivity contribution in [2.24, 2.45) is 0 Å². The first-order valence-corrected chi connectivity index (χ1v) is 7.36. The molecule has 0 fully saturated rings. The van der Waals surface area contributed by atoms with Gasteiger partial charge in [0.1, 0.15) is 5.75 Å². The molecular weight excluding hydrogens is 276 g/mol. The van der Waals surface area contributed by atoms with Gasteiger partial charge in [0.15, 0.2) is 4.34 Å². The van der Waals surface area contributed by atoms with Gasteiger partial charge in [-0.1, -0.05) is 23.9 Å². The van der Waals surface area contributed by atoms with E-state index in [1.165, 1.54) is 4.70 Å². The fourth-order valence-corrected chi connectivity index (χ4v) is 3.90. The average molecular weight is 288 g/mol. The molecule has 0 spiro atoms. The number of hydrogen-bond donors (Lipinski definition) is 1. The third-order valence-electron chi connectivity index (χ3n) is 2.62. The second-order valence-electron chi connectivity index (χ2n) is 3.99. The predicted octanol–water partition coefficient (Wildman–Crippen LogP) is 4.04. The normalized spacial score (nSPS) is 10.8. The molecule has 0 aliphatic rings. The van der Waals surface area contributed by atoms with Crippen LogP contribution in [-0.4, -0.2) is 12.1 Å².